The topological polar surface area (TPSA) is 129 Å². The fourth-order valence-corrected chi connectivity index (χ4v) is 2.01. The molecular formula is C12H13N2O7P. The number of rotatable bonds is 4. The van der Waals surface area contributed by atoms with Crippen LogP contribution in [0, 0.1) is 0 Å². The number of carbonyl (C=O) groups excluding carboxylic acids is 1. The quantitative estimate of drug-likeness (QED) is 0.434. The van der Waals surface area contributed by atoms with Crippen LogP contribution in [0.5, 0.6) is 0 Å². The van der Waals surface area contributed by atoms with E-state index in [1.807, 2.05) is 0 Å². The summed E-state index contributed by atoms with van der Waals surface area (Å²) < 4.78 is 19.7. The van der Waals surface area contributed by atoms with Crippen LogP contribution in [0.25, 0.3) is 11.0 Å². The summed E-state index contributed by atoms with van der Waals surface area (Å²) in [5, 5.41) is 2.70. The maximum atomic E-state index is 11.9. The number of nitrogens with zero attached hydrogens (tertiary/aromatic N) is 1. The number of hydrogen-bond donors (Lipinski definition) is 3. The third-order valence-corrected chi connectivity index (χ3v) is 3.22. The number of benzene rings is 1. The second-order valence-electron chi connectivity index (χ2n) is 4.25. The van der Waals surface area contributed by atoms with Crippen molar-refractivity contribution in [2.24, 2.45) is 0 Å². The number of nitrogens with one attached hydrogen (secondary N) is 1. The fourth-order valence-electron chi connectivity index (χ4n) is 1.78. The Hall–Kier alpha value is -2.19. The minimum Gasteiger partial charge on any atom is -0.423 e. The number of fused-ring (bicyclic) bond motifs is 1. The van der Waals surface area contributed by atoms with Gasteiger partial charge in [-0.05, 0) is 12.1 Å². The molecule has 1 aromatic heterocycles. The van der Waals surface area contributed by atoms with Crippen LogP contribution < -0.4 is 15.8 Å². The Bertz CT molecular complexity index is 797. The first-order valence-electron chi connectivity index (χ1n) is 6.02. The molecule has 2 aromatic rings. The SMILES string of the molecule is CN(C(=O)NCOP(=O)(O)O)c1cc(=O)oc2ccccc12. The lowest BCUT2D eigenvalue weighted by molar-refractivity contribution is 0.182. The second kappa shape index (κ2) is 6.29. The third-order valence-electron chi connectivity index (χ3n) is 2.75. The maximum absolute atomic E-state index is 11.9. The smallest absolute Gasteiger partial charge is 0.423 e. The van der Waals surface area contributed by atoms with Crippen molar-refractivity contribution >= 4 is 30.5 Å². The molecule has 0 fully saturated rings. The van der Waals surface area contributed by atoms with Crippen LogP contribution >= 0.6 is 7.82 Å². The molecule has 0 aliphatic rings. The van der Waals surface area contributed by atoms with Gasteiger partial charge in [-0.3, -0.25) is 9.42 Å². The largest absolute Gasteiger partial charge is 0.471 e. The molecular weight excluding hydrogens is 315 g/mol. The summed E-state index contributed by atoms with van der Waals surface area (Å²) in [6.45, 7) is -0.674. The van der Waals surface area contributed by atoms with E-state index in [-0.39, 0.29) is 0 Å². The first-order chi connectivity index (χ1) is 10.3. The van der Waals surface area contributed by atoms with Crippen LogP contribution in [0.1, 0.15) is 0 Å². The fraction of sp³-hybridized carbons (Fsp3) is 0.167. The molecule has 0 atom stereocenters. The molecule has 22 heavy (non-hydrogen) atoms. The Labute approximate surface area is 124 Å². The molecule has 9 nitrogen and oxygen atoms in total. The highest BCUT2D eigenvalue weighted by molar-refractivity contribution is 7.46. The monoisotopic (exact) mass is 328 g/mol. The zero-order valence-corrected chi connectivity index (χ0v) is 12.3. The summed E-state index contributed by atoms with van der Waals surface area (Å²) in [7, 11) is -3.27. The van der Waals surface area contributed by atoms with E-state index in [0.29, 0.717) is 16.7 Å². The van der Waals surface area contributed by atoms with Gasteiger partial charge in [-0.2, -0.15) is 0 Å². The molecule has 2 rings (SSSR count). The van der Waals surface area contributed by atoms with Crippen molar-refractivity contribution in [1.82, 2.24) is 5.32 Å². The van der Waals surface area contributed by atoms with E-state index in [4.69, 9.17) is 14.2 Å². The average Bonchev–Trinajstić information content (AvgIpc) is 2.44. The van der Waals surface area contributed by atoms with E-state index in [1.165, 1.54) is 7.05 Å². The van der Waals surface area contributed by atoms with Gasteiger partial charge in [0.1, 0.15) is 12.3 Å². The van der Waals surface area contributed by atoms with Gasteiger partial charge < -0.3 is 19.5 Å². The van der Waals surface area contributed by atoms with Gasteiger partial charge in [-0.1, -0.05) is 12.1 Å². The normalized spacial score (nSPS) is 11.4. The summed E-state index contributed by atoms with van der Waals surface area (Å²) in [5.41, 5.74) is -0.0172. The van der Waals surface area contributed by atoms with Crippen molar-refractivity contribution in [1.29, 1.82) is 0 Å². The molecule has 0 unspecified atom stereocenters. The summed E-state index contributed by atoms with van der Waals surface area (Å²) >= 11 is 0. The molecule has 0 spiro atoms. The molecule has 1 aromatic carbocycles. The Kier molecular flexibility index (Phi) is 4.62. The van der Waals surface area contributed by atoms with E-state index in [2.05, 4.69) is 9.84 Å². The predicted octanol–water partition coefficient (Wildman–Crippen LogP) is 1.01. The van der Waals surface area contributed by atoms with Gasteiger partial charge in [0, 0.05) is 18.5 Å². The van der Waals surface area contributed by atoms with Crippen LogP contribution in [0.3, 0.4) is 0 Å². The van der Waals surface area contributed by atoms with Gasteiger partial charge in [0.25, 0.3) is 0 Å². The van der Waals surface area contributed by atoms with Crippen LogP contribution in [0.2, 0.25) is 0 Å². The zero-order chi connectivity index (χ0) is 16.3. The lowest BCUT2D eigenvalue weighted by Crippen LogP contribution is -2.38. The summed E-state index contributed by atoms with van der Waals surface area (Å²) in [5.74, 6) is 0. The van der Waals surface area contributed by atoms with Crippen molar-refractivity contribution in [3.8, 4) is 0 Å². The van der Waals surface area contributed by atoms with E-state index >= 15 is 0 Å². The lowest BCUT2D eigenvalue weighted by atomic mass is 10.2. The molecule has 0 radical (unpaired) electrons. The second-order valence-corrected chi connectivity index (χ2v) is 5.49. The van der Waals surface area contributed by atoms with Crippen LogP contribution in [0.15, 0.2) is 39.5 Å². The Morgan fingerprint density at radius 2 is 2.09 bits per heavy atom. The minimum atomic E-state index is -4.67. The Morgan fingerprint density at radius 1 is 1.41 bits per heavy atom. The number of hydrogen-bond acceptors (Lipinski definition) is 5. The number of phosphoric acid groups is 1. The van der Waals surface area contributed by atoms with Crippen molar-refractivity contribution < 1.29 is 28.1 Å². The van der Waals surface area contributed by atoms with Crippen molar-refractivity contribution in [3.63, 3.8) is 0 Å². The Morgan fingerprint density at radius 3 is 2.77 bits per heavy atom. The number of urea groups is 1. The van der Waals surface area contributed by atoms with Gasteiger partial charge in [0.2, 0.25) is 0 Å². The molecule has 0 bridgehead atoms. The van der Waals surface area contributed by atoms with E-state index in [1.54, 1.807) is 24.3 Å². The van der Waals surface area contributed by atoms with Crippen molar-refractivity contribution in [2.75, 3.05) is 18.7 Å². The highest BCUT2D eigenvalue weighted by Crippen LogP contribution is 2.34. The number of carbonyl (C=O) groups is 1. The lowest BCUT2D eigenvalue weighted by Gasteiger charge is -2.19. The molecule has 0 aliphatic heterocycles. The average molecular weight is 328 g/mol. The first kappa shape index (κ1) is 16.2. The third kappa shape index (κ3) is 3.92. The first-order valence-corrected chi connectivity index (χ1v) is 7.55. The highest BCUT2D eigenvalue weighted by atomic mass is 31.2. The highest BCUT2D eigenvalue weighted by Gasteiger charge is 2.18. The number of amides is 2. The van der Waals surface area contributed by atoms with E-state index in [0.717, 1.165) is 11.0 Å². The molecule has 2 amide bonds. The standard InChI is InChI=1S/C12H13N2O7P/c1-14(12(16)13-7-20-22(17,18)19)9-6-11(15)21-10-5-3-2-4-8(9)10/h2-6H,7H2,1H3,(H,13,16)(H2,17,18,19). The number of para-hydroxylation sites is 1. The van der Waals surface area contributed by atoms with Crippen LogP contribution in [-0.4, -0.2) is 29.6 Å². The maximum Gasteiger partial charge on any atom is 0.471 e. The molecule has 3 N–H and O–H groups in total. The summed E-state index contributed by atoms with van der Waals surface area (Å²) in [4.78, 5) is 41.6. The van der Waals surface area contributed by atoms with Crippen molar-refractivity contribution in [3.05, 3.63) is 40.8 Å². The molecule has 118 valence electrons. The van der Waals surface area contributed by atoms with Gasteiger partial charge in [0.15, 0.2) is 0 Å². The molecule has 0 saturated heterocycles. The van der Waals surface area contributed by atoms with E-state index < -0.39 is 26.2 Å². The molecule has 1 heterocycles. The summed E-state index contributed by atoms with van der Waals surface area (Å²) in [6, 6.07) is 7.10. The van der Waals surface area contributed by atoms with Gasteiger partial charge in [-0.15, -0.1) is 0 Å². The van der Waals surface area contributed by atoms with Crippen molar-refractivity contribution in [2.45, 2.75) is 0 Å². The zero-order valence-electron chi connectivity index (χ0n) is 11.4. The minimum absolute atomic E-state index is 0.292. The molecule has 0 saturated carbocycles. The Balaban J connectivity index is 2.22. The van der Waals surface area contributed by atoms with Gasteiger partial charge >= 0.3 is 19.5 Å². The molecule has 0 aliphatic carbocycles. The predicted molar refractivity (Wildman–Crippen MR) is 77.4 cm³/mol. The van der Waals surface area contributed by atoms with Gasteiger partial charge in [-0.25, -0.2) is 14.2 Å². The van der Waals surface area contributed by atoms with E-state index in [9.17, 15) is 14.2 Å². The summed E-state index contributed by atoms with van der Waals surface area (Å²) in [6.07, 6.45) is 0. The van der Waals surface area contributed by atoms with Crippen LogP contribution in [0.4, 0.5) is 10.5 Å². The molecule has 10 heteroatoms. The number of anilines is 1. The van der Waals surface area contributed by atoms with Crippen LogP contribution in [-0.2, 0) is 9.09 Å². The number of phosphoric ester groups is 1. The van der Waals surface area contributed by atoms with Gasteiger partial charge in [0.05, 0.1) is 5.69 Å².